The van der Waals surface area contributed by atoms with E-state index in [-0.39, 0.29) is 12.1 Å². The van der Waals surface area contributed by atoms with E-state index in [1.165, 1.54) is 0 Å². The van der Waals surface area contributed by atoms with Crippen LogP contribution < -0.4 is 15.2 Å². The maximum Gasteiger partial charge on any atom is 0.277 e. The minimum absolute atomic E-state index is 0.00405. The molecule has 0 radical (unpaired) electrons. The van der Waals surface area contributed by atoms with Crippen molar-refractivity contribution in [3.05, 3.63) is 0 Å². The van der Waals surface area contributed by atoms with Crippen LogP contribution in [0.4, 0.5) is 0 Å². The predicted molar refractivity (Wildman–Crippen MR) is 51.3 cm³/mol. The van der Waals surface area contributed by atoms with Crippen LogP contribution in [0, 0.1) is 5.92 Å². The molecule has 6 heteroatoms. The third kappa shape index (κ3) is 4.04. The van der Waals surface area contributed by atoms with Gasteiger partial charge in [-0.1, -0.05) is 13.8 Å². The number of hydrogen-bond acceptors (Lipinski definition) is 3. The zero-order chi connectivity index (χ0) is 10.1. The molecule has 0 spiro atoms. The zero-order valence-corrected chi connectivity index (χ0v) is 8.76. The first-order valence-corrected chi connectivity index (χ1v) is 5.91. The van der Waals surface area contributed by atoms with E-state index >= 15 is 0 Å². The Morgan fingerprint density at radius 3 is 2.46 bits per heavy atom. The largest absolute Gasteiger partial charge is 0.326 e. The van der Waals surface area contributed by atoms with E-state index in [1.54, 1.807) is 0 Å². The number of nitrogens with two attached hydrogens (primary N) is 1. The van der Waals surface area contributed by atoms with Crippen LogP contribution >= 0.6 is 0 Å². The third-order valence-corrected chi connectivity index (χ3v) is 2.99. The molecule has 1 saturated carbocycles. The lowest BCUT2D eigenvalue weighted by atomic mass is 10.2. The highest BCUT2D eigenvalue weighted by atomic mass is 32.2. The van der Waals surface area contributed by atoms with Gasteiger partial charge >= 0.3 is 0 Å². The van der Waals surface area contributed by atoms with Crippen molar-refractivity contribution in [1.29, 1.82) is 0 Å². The SMILES string of the molecule is CC(C)CNS(=O)(=O)NC1CC1N. The van der Waals surface area contributed by atoms with Crippen LogP contribution in [0.2, 0.25) is 0 Å². The number of rotatable bonds is 5. The molecular weight excluding hydrogens is 190 g/mol. The van der Waals surface area contributed by atoms with Gasteiger partial charge in [0.25, 0.3) is 10.2 Å². The van der Waals surface area contributed by atoms with Crippen molar-refractivity contribution in [2.24, 2.45) is 11.7 Å². The lowest BCUT2D eigenvalue weighted by Crippen LogP contribution is -2.41. The maximum atomic E-state index is 11.3. The minimum atomic E-state index is -3.33. The highest BCUT2D eigenvalue weighted by Gasteiger charge is 2.36. The zero-order valence-electron chi connectivity index (χ0n) is 7.95. The van der Waals surface area contributed by atoms with Gasteiger partial charge in [-0.2, -0.15) is 13.1 Å². The predicted octanol–water partition coefficient (Wildman–Crippen LogP) is -0.834. The Morgan fingerprint density at radius 1 is 1.54 bits per heavy atom. The van der Waals surface area contributed by atoms with Gasteiger partial charge in [0.2, 0.25) is 0 Å². The van der Waals surface area contributed by atoms with Gasteiger partial charge in [0.05, 0.1) is 0 Å². The van der Waals surface area contributed by atoms with Crippen molar-refractivity contribution in [3.63, 3.8) is 0 Å². The molecule has 13 heavy (non-hydrogen) atoms. The van der Waals surface area contributed by atoms with Crippen LogP contribution in [0.3, 0.4) is 0 Å². The van der Waals surface area contributed by atoms with Gasteiger partial charge in [-0.25, -0.2) is 4.72 Å². The Labute approximate surface area is 79.3 Å². The van der Waals surface area contributed by atoms with Crippen LogP contribution in [-0.4, -0.2) is 27.0 Å². The first-order valence-electron chi connectivity index (χ1n) is 4.43. The van der Waals surface area contributed by atoms with Crippen LogP contribution in [0.25, 0.3) is 0 Å². The van der Waals surface area contributed by atoms with E-state index in [4.69, 9.17) is 5.73 Å². The Hall–Kier alpha value is -0.170. The first kappa shape index (κ1) is 10.9. The molecule has 0 aromatic rings. The Balaban J connectivity index is 2.29. The summed E-state index contributed by atoms with van der Waals surface area (Å²) in [6.45, 7) is 4.36. The van der Waals surface area contributed by atoms with Gasteiger partial charge in [-0.05, 0) is 12.3 Å². The Bertz CT molecular complexity index is 263. The maximum absolute atomic E-state index is 11.3. The molecule has 0 amide bonds. The molecule has 0 heterocycles. The molecule has 5 nitrogen and oxygen atoms in total. The lowest BCUT2D eigenvalue weighted by molar-refractivity contribution is 0.546. The second-order valence-corrected chi connectivity index (χ2v) is 5.40. The normalized spacial score (nSPS) is 28.0. The fraction of sp³-hybridized carbons (Fsp3) is 1.00. The molecule has 1 rings (SSSR count). The molecule has 2 unspecified atom stereocenters. The van der Waals surface area contributed by atoms with E-state index in [0.29, 0.717) is 12.5 Å². The fourth-order valence-corrected chi connectivity index (χ4v) is 2.17. The summed E-state index contributed by atoms with van der Waals surface area (Å²) in [5, 5.41) is 0. The highest BCUT2D eigenvalue weighted by molar-refractivity contribution is 7.87. The van der Waals surface area contributed by atoms with Gasteiger partial charge < -0.3 is 5.73 Å². The quantitative estimate of drug-likeness (QED) is 0.550. The van der Waals surface area contributed by atoms with Crippen molar-refractivity contribution < 1.29 is 8.42 Å². The Kier molecular flexibility index (Phi) is 3.28. The van der Waals surface area contributed by atoms with Crippen molar-refractivity contribution in [1.82, 2.24) is 9.44 Å². The summed E-state index contributed by atoms with van der Waals surface area (Å²) < 4.78 is 27.4. The summed E-state index contributed by atoms with van der Waals surface area (Å²) in [7, 11) is -3.33. The summed E-state index contributed by atoms with van der Waals surface area (Å²) in [4.78, 5) is 0. The standard InChI is InChI=1S/C7H17N3O2S/c1-5(2)4-9-13(11,12)10-7-3-6(7)8/h5-7,9-10H,3-4,8H2,1-2H3. The average molecular weight is 207 g/mol. The summed E-state index contributed by atoms with van der Waals surface area (Å²) >= 11 is 0. The van der Waals surface area contributed by atoms with Gasteiger partial charge in [0, 0.05) is 18.6 Å². The molecular formula is C7H17N3O2S. The molecule has 78 valence electrons. The molecule has 1 fully saturated rings. The van der Waals surface area contributed by atoms with Gasteiger partial charge in [0.15, 0.2) is 0 Å². The summed E-state index contributed by atoms with van der Waals surface area (Å²) in [6.07, 6.45) is 0.739. The van der Waals surface area contributed by atoms with Gasteiger partial charge in [0.1, 0.15) is 0 Å². The summed E-state index contributed by atoms with van der Waals surface area (Å²) in [6, 6.07) is -0.0692. The van der Waals surface area contributed by atoms with Gasteiger partial charge in [-0.15, -0.1) is 0 Å². The molecule has 0 aromatic carbocycles. The fourth-order valence-electron chi connectivity index (χ4n) is 0.867. The molecule has 2 atom stereocenters. The van der Waals surface area contributed by atoms with E-state index in [0.717, 1.165) is 6.42 Å². The van der Waals surface area contributed by atoms with Crippen LogP contribution in [-0.2, 0) is 10.2 Å². The summed E-state index contributed by atoms with van der Waals surface area (Å²) in [5.41, 5.74) is 5.47. The number of nitrogens with one attached hydrogen (secondary N) is 2. The van der Waals surface area contributed by atoms with Crippen molar-refractivity contribution >= 4 is 10.2 Å². The minimum Gasteiger partial charge on any atom is -0.326 e. The third-order valence-electron chi connectivity index (χ3n) is 1.83. The lowest BCUT2D eigenvalue weighted by Gasteiger charge is -2.08. The second-order valence-electron chi connectivity index (χ2n) is 3.87. The van der Waals surface area contributed by atoms with E-state index < -0.39 is 10.2 Å². The molecule has 0 aromatic heterocycles. The van der Waals surface area contributed by atoms with Crippen LogP contribution in [0.15, 0.2) is 0 Å². The second kappa shape index (κ2) is 3.91. The van der Waals surface area contributed by atoms with E-state index in [1.807, 2.05) is 13.8 Å². The van der Waals surface area contributed by atoms with E-state index in [2.05, 4.69) is 9.44 Å². The average Bonchev–Trinajstić information content (AvgIpc) is 2.62. The van der Waals surface area contributed by atoms with Crippen molar-refractivity contribution in [3.8, 4) is 0 Å². The topological polar surface area (TPSA) is 84.2 Å². The Morgan fingerprint density at radius 2 is 2.08 bits per heavy atom. The molecule has 0 saturated heterocycles. The molecule has 0 aliphatic heterocycles. The first-order chi connectivity index (χ1) is 5.91. The van der Waals surface area contributed by atoms with Crippen molar-refractivity contribution in [2.75, 3.05) is 6.54 Å². The number of hydrogen-bond donors (Lipinski definition) is 3. The summed E-state index contributed by atoms with van der Waals surface area (Å²) in [5.74, 6) is 0.310. The molecule has 1 aliphatic carbocycles. The van der Waals surface area contributed by atoms with Crippen molar-refractivity contribution in [2.45, 2.75) is 32.4 Å². The highest BCUT2D eigenvalue weighted by Crippen LogP contribution is 2.18. The van der Waals surface area contributed by atoms with Gasteiger partial charge in [-0.3, -0.25) is 0 Å². The van der Waals surface area contributed by atoms with Crippen LogP contribution in [0.1, 0.15) is 20.3 Å². The molecule has 1 aliphatic rings. The smallest absolute Gasteiger partial charge is 0.277 e. The van der Waals surface area contributed by atoms with E-state index in [9.17, 15) is 8.42 Å². The molecule has 4 N–H and O–H groups in total. The van der Waals surface area contributed by atoms with Crippen LogP contribution in [0.5, 0.6) is 0 Å². The molecule has 0 bridgehead atoms. The monoisotopic (exact) mass is 207 g/mol.